The van der Waals surface area contributed by atoms with Crippen molar-refractivity contribution in [1.29, 1.82) is 0 Å². The number of rotatable bonds is 7. The van der Waals surface area contributed by atoms with E-state index in [0.717, 1.165) is 16.3 Å². The van der Waals surface area contributed by atoms with E-state index < -0.39 is 5.91 Å². The molecule has 0 fully saturated rings. The van der Waals surface area contributed by atoms with E-state index in [2.05, 4.69) is 16.4 Å². The Morgan fingerprint density at radius 2 is 1.83 bits per heavy atom. The zero-order chi connectivity index (χ0) is 20.6. The zero-order valence-corrected chi connectivity index (χ0v) is 16.1. The van der Waals surface area contributed by atoms with Crippen molar-refractivity contribution in [3.05, 3.63) is 65.7 Å². The summed E-state index contributed by atoms with van der Waals surface area (Å²) in [6.45, 7) is 0.134. The summed E-state index contributed by atoms with van der Waals surface area (Å²) in [5.41, 5.74) is 3.61. The van der Waals surface area contributed by atoms with Gasteiger partial charge in [0.1, 0.15) is 23.9 Å². The molecule has 1 N–H and O–H groups in total. The lowest BCUT2D eigenvalue weighted by molar-refractivity contribution is 0.0954. The number of nitrogens with one attached hydrogen (secondary N) is 1. The van der Waals surface area contributed by atoms with Crippen LogP contribution in [0.15, 0.2) is 59.7 Å². The molecule has 0 aliphatic carbocycles. The number of fused-ring (bicyclic) bond motifs is 1. The number of ether oxygens (including phenoxy) is 3. The highest BCUT2D eigenvalue weighted by Gasteiger charge is 2.10. The van der Waals surface area contributed by atoms with Gasteiger partial charge in [-0.25, -0.2) is 5.43 Å². The Morgan fingerprint density at radius 3 is 2.52 bits per heavy atom. The number of amides is 1. The third kappa shape index (κ3) is 4.66. The molecule has 3 rings (SSSR count). The molecule has 6 heteroatoms. The van der Waals surface area contributed by atoms with E-state index in [0.29, 0.717) is 22.8 Å². The molecular weight excluding hydrogens is 368 g/mol. The minimum Gasteiger partial charge on any atom is -0.497 e. The second-order valence-electron chi connectivity index (χ2n) is 5.99. The van der Waals surface area contributed by atoms with Gasteiger partial charge in [-0.3, -0.25) is 4.79 Å². The van der Waals surface area contributed by atoms with E-state index in [1.807, 2.05) is 36.4 Å². The van der Waals surface area contributed by atoms with Crippen molar-refractivity contribution in [3.8, 4) is 29.6 Å². The Morgan fingerprint density at radius 1 is 1.10 bits per heavy atom. The molecule has 0 saturated carbocycles. The number of hydrazone groups is 1. The predicted molar refractivity (Wildman–Crippen MR) is 113 cm³/mol. The van der Waals surface area contributed by atoms with E-state index >= 15 is 0 Å². The van der Waals surface area contributed by atoms with Gasteiger partial charge in [-0.15, -0.1) is 6.42 Å². The van der Waals surface area contributed by atoms with Crippen molar-refractivity contribution in [2.45, 2.75) is 0 Å². The Labute approximate surface area is 169 Å². The lowest BCUT2D eigenvalue weighted by Gasteiger charge is -2.10. The first-order chi connectivity index (χ1) is 14.2. The highest BCUT2D eigenvalue weighted by atomic mass is 16.5. The smallest absolute Gasteiger partial charge is 0.271 e. The minimum absolute atomic E-state index is 0.134. The SMILES string of the molecule is C#CCOc1ccc2ccccc2c1C=NNC(=O)c1cc(OC)cc(OC)c1. The second-order valence-corrected chi connectivity index (χ2v) is 5.99. The molecule has 0 unspecified atom stereocenters. The van der Waals surface area contributed by atoms with Crippen LogP contribution in [0.5, 0.6) is 17.2 Å². The summed E-state index contributed by atoms with van der Waals surface area (Å²) in [6.07, 6.45) is 6.85. The Balaban J connectivity index is 1.87. The average Bonchev–Trinajstić information content (AvgIpc) is 2.77. The topological polar surface area (TPSA) is 69.2 Å². The minimum atomic E-state index is -0.398. The Bertz CT molecular complexity index is 1080. The summed E-state index contributed by atoms with van der Waals surface area (Å²) in [5.74, 6) is 3.66. The summed E-state index contributed by atoms with van der Waals surface area (Å²) < 4.78 is 16.0. The Kier molecular flexibility index (Phi) is 6.33. The van der Waals surface area contributed by atoms with Crippen molar-refractivity contribution in [2.75, 3.05) is 20.8 Å². The first-order valence-electron chi connectivity index (χ1n) is 8.80. The molecule has 0 bridgehead atoms. The van der Waals surface area contributed by atoms with Gasteiger partial charge in [0.2, 0.25) is 0 Å². The molecular formula is C23H20N2O4. The number of methoxy groups -OCH3 is 2. The zero-order valence-electron chi connectivity index (χ0n) is 16.1. The number of terminal acetylenes is 1. The fourth-order valence-electron chi connectivity index (χ4n) is 2.81. The van der Waals surface area contributed by atoms with Crippen LogP contribution in [-0.2, 0) is 0 Å². The normalized spacial score (nSPS) is 10.5. The van der Waals surface area contributed by atoms with Crippen LogP contribution in [0.4, 0.5) is 0 Å². The molecule has 3 aromatic carbocycles. The van der Waals surface area contributed by atoms with Gasteiger partial charge < -0.3 is 14.2 Å². The fourth-order valence-corrected chi connectivity index (χ4v) is 2.81. The maximum atomic E-state index is 12.5. The van der Waals surface area contributed by atoms with Gasteiger partial charge in [-0.1, -0.05) is 36.3 Å². The quantitative estimate of drug-likeness (QED) is 0.381. The van der Waals surface area contributed by atoms with Gasteiger partial charge in [0, 0.05) is 17.2 Å². The van der Waals surface area contributed by atoms with E-state index in [-0.39, 0.29) is 6.61 Å². The van der Waals surface area contributed by atoms with E-state index in [1.165, 1.54) is 14.2 Å². The van der Waals surface area contributed by atoms with Gasteiger partial charge >= 0.3 is 0 Å². The largest absolute Gasteiger partial charge is 0.497 e. The van der Waals surface area contributed by atoms with Crippen LogP contribution in [0.1, 0.15) is 15.9 Å². The summed E-state index contributed by atoms with van der Waals surface area (Å²) in [5, 5.41) is 6.06. The third-order valence-electron chi connectivity index (χ3n) is 4.22. The van der Waals surface area contributed by atoms with Gasteiger partial charge in [-0.05, 0) is 29.0 Å². The van der Waals surface area contributed by atoms with Crippen molar-refractivity contribution in [3.63, 3.8) is 0 Å². The number of carbonyl (C=O) groups is 1. The summed E-state index contributed by atoms with van der Waals surface area (Å²) in [4.78, 5) is 12.5. The van der Waals surface area contributed by atoms with Crippen LogP contribution in [0.25, 0.3) is 10.8 Å². The number of hydrogen-bond donors (Lipinski definition) is 1. The molecule has 0 aliphatic rings. The number of carbonyl (C=O) groups excluding carboxylic acids is 1. The molecule has 0 aromatic heterocycles. The highest BCUT2D eigenvalue weighted by Crippen LogP contribution is 2.27. The van der Waals surface area contributed by atoms with E-state index in [1.54, 1.807) is 24.4 Å². The van der Waals surface area contributed by atoms with Crippen LogP contribution < -0.4 is 19.6 Å². The van der Waals surface area contributed by atoms with Crippen molar-refractivity contribution < 1.29 is 19.0 Å². The molecule has 0 atom stereocenters. The molecule has 146 valence electrons. The van der Waals surface area contributed by atoms with Crippen LogP contribution in [0.2, 0.25) is 0 Å². The molecule has 29 heavy (non-hydrogen) atoms. The summed E-state index contributed by atoms with van der Waals surface area (Å²) in [6, 6.07) is 16.5. The molecule has 1 amide bonds. The number of nitrogens with zero attached hydrogens (tertiary/aromatic N) is 1. The summed E-state index contributed by atoms with van der Waals surface area (Å²) in [7, 11) is 3.04. The lowest BCUT2D eigenvalue weighted by atomic mass is 10.0. The Hall–Kier alpha value is -3.98. The third-order valence-corrected chi connectivity index (χ3v) is 4.22. The van der Waals surface area contributed by atoms with Gasteiger partial charge in [-0.2, -0.15) is 5.10 Å². The highest BCUT2D eigenvalue weighted by molar-refractivity contribution is 6.03. The van der Waals surface area contributed by atoms with Crippen molar-refractivity contribution in [2.24, 2.45) is 5.10 Å². The lowest BCUT2D eigenvalue weighted by Crippen LogP contribution is -2.18. The van der Waals surface area contributed by atoms with Crippen molar-refractivity contribution in [1.82, 2.24) is 5.43 Å². The van der Waals surface area contributed by atoms with Crippen molar-refractivity contribution >= 4 is 22.9 Å². The molecule has 0 spiro atoms. The molecule has 6 nitrogen and oxygen atoms in total. The van der Waals surface area contributed by atoms with Crippen LogP contribution >= 0.6 is 0 Å². The maximum Gasteiger partial charge on any atom is 0.271 e. The predicted octanol–water partition coefficient (Wildman–Crippen LogP) is 3.63. The molecule has 0 radical (unpaired) electrons. The van der Waals surface area contributed by atoms with Gasteiger partial charge in [0.15, 0.2) is 0 Å². The van der Waals surface area contributed by atoms with Crippen LogP contribution in [0, 0.1) is 12.3 Å². The standard InChI is InChI=1S/C23H20N2O4/c1-4-11-29-22-10-9-16-7-5-6-8-20(16)21(22)15-24-25-23(26)17-12-18(27-2)14-19(13-17)28-3/h1,5-10,12-15H,11H2,2-3H3,(H,25,26). The van der Waals surface area contributed by atoms with E-state index in [9.17, 15) is 4.79 Å². The molecule has 0 heterocycles. The van der Waals surface area contributed by atoms with E-state index in [4.69, 9.17) is 20.6 Å². The van der Waals surface area contributed by atoms with Crippen LogP contribution in [0.3, 0.4) is 0 Å². The summed E-state index contributed by atoms with van der Waals surface area (Å²) >= 11 is 0. The first-order valence-corrected chi connectivity index (χ1v) is 8.80. The maximum absolute atomic E-state index is 12.5. The van der Waals surface area contributed by atoms with Gasteiger partial charge in [0.05, 0.1) is 20.4 Å². The second kappa shape index (κ2) is 9.29. The average molecular weight is 388 g/mol. The number of benzene rings is 3. The fraction of sp³-hybridized carbons (Fsp3) is 0.130. The number of hydrogen-bond acceptors (Lipinski definition) is 5. The molecule has 0 aliphatic heterocycles. The monoisotopic (exact) mass is 388 g/mol. The van der Waals surface area contributed by atoms with Gasteiger partial charge in [0.25, 0.3) is 5.91 Å². The molecule has 0 saturated heterocycles. The first kappa shape index (κ1) is 19.8. The molecule has 3 aromatic rings. The van der Waals surface area contributed by atoms with Crippen LogP contribution in [-0.4, -0.2) is 32.9 Å².